The molecule has 106 valence electrons. The van der Waals surface area contributed by atoms with E-state index in [1.807, 2.05) is 48.5 Å². The second kappa shape index (κ2) is 6.06. The van der Waals surface area contributed by atoms with Crippen LogP contribution < -0.4 is 19.5 Å². The number of nitrogens with one attached hydrogen (secondary N) is 1. The monoisotopic (exact) mass is 282 g/mol. The molecule has 5 nitrogen and oxygen atoms in total. The Labute approximate surface area is 122 Å². The lowest BCUT2D eigenvalue weighted by atomic mass is 10.2. The van der Waals surface area contributed by atoms with Crippen LogP contribution in [0.5, 0.6) is 17.2 Å². The van der Waals surface area contributed by atoms with Gasteiger partial charge in [-0.2, -0.15) is 5.26 Å². The van der Waals surface area contributed by atoms with Crippen molar-refractivity contribution in [2.24, 2.45) is 0 Å². The quantitative estimate of drug-likeness (QED) is 0.913. The van der Waals surface area contributed by atoms with Gasteiger partial charge in [0, 0.05) is 18.3 Å². The van der Waals surface area contributed by atoms with E-state index in [0.717, 1.165) is 22.7 Å². The van der Waals surface area contributed by atoms with Crippen molar-refractivity contribution in [2.45, 2.75) is 6.54 Å². The van der Waals surface area contributed by atoms with Gasteiger partial charge >= 0.3 is 0 Å². The van der Waals surface area contributed by atoms with E-state index < -0.39 is 0 Å². The van der Waals surface area contributed by atoms with Crippen LogP contribution >= 0.6 is 0 Å². The van der Waals surface area contributed by atoms with Crippen LogP contribution in [0.1, 0.15) is 5.56 Å². The molecule has 1 N–H and O–H groups in total. The number of hydrogen-bond acceptors (Lipinski definition) is 5. The smallest absolute Gasteiger partial charge is 0.231 e. The van der Waals surface area contributed by atoms with Crippen LogP contribution in [0.3, 0.4) is 0 Å². The summed E-state index contributed by atoms with van der Waals surface area (Å²) in [7, 11) is 0. The fraction of sp³-hybridized carbons (Fsp3) is 0.188. The van der Waals surface area contributed by atoms with E-state index in [-0.39, 0.29) is 13.4 Å². The number of hydrogen-bond donors (Lipinski definition) is 1. The standard InChI is InChI=1S/C16H14N2O3/c17-6-7-19-14-3-1-2-13(9-14)18-10-12-4-5-15-16(8-12)21-11-20-15/h1-5,8-9,18H,7,10-11H2. The molecule has 0 aliphatic carbocycles. The Morgan fingerprint density at radius 3 is 2.95 bits per heavy atom. The lowest BCUT2D eigenvalue weighted by Gasteiger charge is -2.09. The molecule has 5 heteroatoms. The first-order valence-electron chi connectivity index (χ1n) is 6.57. The summed E-state index contributed by atoms with van der Waals surface area (Å²) >= 11 is 0. The second-order valence-corrected chi connectivity index (χ2v) is 4.52. The van der Waals surface area contributed by atoms with Crippen molar-refractivity contribution in [3.05, 3.63) is 48.0 Å². The molecule has 0 unspecified atom stereocenters. The van der Waals surface area contributed by atoms with Crippen molar-refractivity contribution < 1.29 is 14.2 Å². The van der Waals surface area contributed by atoms with Gasteiger partial charge in [-0.3, -0.25) is 0 Å². The zero-order valence-electron chi connectivity index (χ0n) is 11.3. The van der Waals surface area contributed by atoms with Gasteiger partial charge < -0.3 is 19.5 Å². The fourth-order valence-electron chi connectivity index (χ4n) is 2.07. The van der Waals surface area contributed by atoms with Gasteiger partial charge in [0.1, 0.15) is 11.8 Å². The summed E-state index contributed by atoms with van der Waals surface area (Å²) in [6.07, 6.45) is 0. The Morgan fingerprint density at radius 1 is 1.14 bits per heavy atom. The average Bonchev–Trinajstić information content (AvgIpc) is 2.99. The van der Waals surface area contributed by atoms with E-state index in [0.29, 0.717) is 12.3 Å². The minimum Gasteiger partial charge on any atom is -0.479 e. The summed E-state index contributed by atoms with van der Waals surface area (Å²) in [5.74, 6) is 2.23. The van der Waals surface area contributed by atoms with Crippen LogP contribution in [-0.2, 0) is 6.54 Å². The number of nitrogens with zero attached hydrogens (tertiary/aromatic N) is 1. The van der Waals surface area contributed by atoms with Crippen LogP contribution in [-0.4, -0.2) is 13.4 Å². The molecule has 0 radical (unpaired) electrons. The van der Waals surface area contributed by atoms with Crippen LogP contribution in [0.15, 0.2) is 42.5 Å². The molecule has 2 aromatic carbocycles. The average molecular weight is 282 g/mol. The number of rotatable bonds is 5. The summed E-state index contributed by atoms with van der Waals surface area (Å²) < 4.78 is 15.9. The molecule has 0 saturated heterocycles. The highest BCUT2D eigenvalue weighted by Gasteiger charge is 2.12. The molecule has 0 aromatic heterocycles. The van der Waals surface area contributed by atoms with Crippen molar-refractivity contribution in [2.75, 3.05) is 18.7 Å². The maximum atomic E-state index is 8.51. The highest BCUT2D eigenvalue weighted by atomic mass is 16.7. The first-order valence-corrected chi connectivity index (χ1v) is 6.57. The van der Waals surface area contributed by atoms with Gasteiger partial charge in [0.05, 0.1) is 0 Å². The van der Waals surface area contributed by atoms with E-state index >= 15 is 0 Å². The molecule has 0 bridgehead atoms. The largest absolute Gasteiger partial charge is 0.479 e. The number of ether oxygens (including phenoxy) is 3. The van der Waals surface area contributed by atoms with Crippen LogP contribution in [0, 0.1) is 11.3 Å². The molecule has 0 fully saturated rings. The van der Waals surface area contributed by atoms with Gasteiger partial charge in [-0.15, -0.1) is 0 Å². The second-order valence-electron chi connectivity index (χ2n) is 4.52. The molecular formula is C16H14N2O3. The molecule has 0 atom stereocenters. The zero-order valence-corrected chi connectivity index (χ0v) is 11.3. The van der Waals surface area contributed by atoms with E-state index in [4.69, 9.17) is 19.5 Å². The van der Waals surface area contributed by atoms with Gasteiger partial charge in [0.25, 0.3) is 0 Å². The molecule has 0 saturated carbocycles. The fourth-order valence-corrected chi connectivity index (χ4v) is 2.07. The Balaban J connectivity index is 1.63. The molecule has 1 aliphatic rings. The Hall–Kier alpha value is -2.87. The summed E-state index contributed by atoms with van der Waals surface area (Å²) in [5, 5.41) is 11.8. The first-order chi connectivity index (χ1) is 10.3. The Kier molecular flexibility index (Phi) is 3.79. The lowest BCUT2D eigenvalue weighted by molar-refractivity contribution is 0.174. The van der Waals surface area contributed by atoms with Gasteiger partial charge in [-0.1, -0.05) is 12.1 Å². The minimum absolute atomic E-state index is 0.0472. The number of fused-ring (bicyclic) bond motifs is 1. The topological polar surface area (TPSA) is 63.5 Å². The maximum absolute atomic E-state index is 8.51. The number of anilines is 1. The van der Waals surface area contributed by atoms with Crippen molar-refractivity contribution >= 4 is 5.69 Å². The number of nitriles is 1. The maximum Gasteiger partial charge on any atom is 0.231 e. The van der Waals surface area contributed by atoms with Crippen molar-refractivity contribution in [1.82, 2.24) is 0 Å². The third kappa shape index (κ3) is 3.18. The zero-order chi connectivity index (χ0) is 14.5. The van der Waals surface area contributed by atoms with E-state index in [2.05, 4.69) is 5.32 Å². The summed E-state index contributed by atoms with van der Waals surface area (Å²) in [6.45, 7) is 0.994. The molecule has 21 heavy (non-hydrogen) atoms. The predicted molar refractivity (Wildman–Crippen MR) is 77.4 cm³/mol. The SMILES string of the molecule is N#CCOc1cccc(NCc2ccc3c(c2)OCO3)c1. The van der Waals surface area contributed by atoms with Crippen LogP contribution in [0.4, 0.5) is 5.69 Å². The molecule has 1 heterocycles. The lowest BCUT2D eigenvalue weighted by Crippen LogP contribution is -2.00. The van der Waals surface area contributed by atoms with Crippen LogP contribution in [0.25, 0.3) is 0 Å². The molecule has 3 rings (SSSR count). The Morgan fingerprint density at radius 2 is 2.05 bits per heavy atom. The minimum atomic E-state index is 0.0472. The van der Waals surface area contributed by atoms with Crippen molar-refractivity contribution in [1.29, 1.82) is 5.26 Å². The molecule has 1 aliphatic heterocycles. The molecular weight excluding hydrogens is 268 g/mol. The van der Waals surface area contributed by atoms with Crippen LogP contribution in [0.2, 0.25) is 0 Å². The summed E-state index contributed by atoms with van der Waals surface area (Å²) in [4.78, 5) is 0. The summed E-state index contributed by atoms with van der Waals surface area (Å²) in [6, 6.07) is 15.3. The molecule has 0 spiro atoms. The van der Waals surface area contributed by atoms with Gasteiger partial charge in [0.2, 0.25) is 6.79 Å². The van der Waals surface area contributed by atoms with E-state index in [1.54, 1.807) is 0 Å². The van der Waals surface area contributed by atoms with E-state index in [1.165, 1.54) is 0 Å². The summed E-state index contributed by atoms with van der Waals surface area (Å²) in [5.41, 5.74) is 2.03. The Bertz CT molecular complexity index is 679. The van der Waals surface area contributed by atoms with Gasteiger partial charge in [0.15, 0.2) is 18.1 Å². The molecule has 0 amide bonds. The first kappa shape index (κ1) is 13.1. The predicted octanol–water partition coefficient (Wildman–Crippen LogP) is 2.93. The van der Waals surface area contributed by atoms with E-state index in [9.17, 15) is 0 Å². The van der Waals surface area contributed by atoms with Crippen molar-refractivity contribution in [3.63, 3.8) is 0 Å². The van der Waals surface area contributed by atoms with Gasteiger partial charge in [-0.05, 0) is 29.8 Å². The van der Waals surface area contributed by atoms with Gasteiger partial charge in [-0.25, -0.2) is 0 Å². The molecule has 2 aromatic rings. The third-order valence-electron chi connectivity index (χ3n) is 3.07. The normalized spacial score (nSPS) is 11.8. The van der Waals surface area contributed by atoms with Crippen molar-refractivity contribution in [3.8, 4) is 23.3 Å². The number of benzene rings is 2. The highest BCUT2D eigenvalue weighted by Crippen LogP contribution is 2.32. The highest BCUT2D eigenvalue weighted by molar-refractivity contribution is 5.50. The third-order valence-corrected chi connectivity index (χ3v) is 3.07.